The Morgan fingerprint density at radius 1 is 1.53 bits per heavy atom. The van der Waals surface area contributed by atoms with Crippen molar-refractivity contribution in [2.75, 3.05) is 5.32 Å². The average molecular weight is 269 g/mol. The monoisotopic (exact) mass is 269 g/mol. The van der Waals surface area contributed by atoms with E-state index in [1.165, 1.54) is 6.07 Å². The molecular formula is C12H16FN3O3. The normalized spacial score (nSPS) is 12.3. The first-order valence-corrected chi connectivity index (χ1v) is 5.81. The first-order valence-electron chi connectivity index (χ1n) is 5.81. The number of nitrogens with one attached hydrogen (secondary N) is 1. The third kappa shape index (κ3) is 4.29. The van der Waals surface area contributed by atoms with Gasteiger partial charge in [0, 0.05) is 11.8 Å². The highest BCUT2D eigenvalue weighted by atomic mass is 19.1. The molecule has 0 saturated heterocycles. The smallest absolute Gasteiger partial charge is 0.306 e. The van der Waals surface area contributed by atoms with Crippen LogP contribution in [0.2, 0.25) is 0 Å². The standard InChI is InChI=1S/C12H16FN3O3/c1-7(2)5-10(14)12(17)15-8-3-4-9(13)11(6-8)16(18)19/h3-4,6-7,10H,5,14H2,1-2H3,(H,15,17)/t10-/m0/s1. The minimum atomic E-state index is -0.950. The second-order valence-corrected chi connectivity index (χ2v) is 4.65. The summed E-state index contributed by atoms with van der Waals surface area (Å²) in [6.45, 7) is 3.85. The van der Waals surface area contributed by atoms with E-state index in [1.54, 1.807) is 0 Å². The Labute approximate surface area is 109 Å². The molecule has 0 bridgehead atoms. The first kappa shape index (κ1) is 15.0. The summed E-state index contributed by atoms with van der Waals surface area (Å²) in [6, 6.07) is 2.45. The lowest BCUT2D eigenvalue weighted by Gasteiger charge is -2.14. The van der Waals surface area contributed by atoms with Crippen LogP contribution in [0.3, 0.4) is 0 Å². The Kier molecular flexibility index (Phi) is 4.94. The van der Waals surface area contributed by atoms with Gasteiger partial charge in [-0.25, -0.2) is 0 Å². The minimum Gasteiger partial charge on any atom is -0.324 e. The van der Waals surface area contributed by atoms with Crippen molar-refractivity contribution in [2.45, 2.75) is 26.3 Å². The Morgan fingerprint density at radius 3 is 2.68 bits per heavy atom. The summed E-state index contributed by atoms with van der Waals surface area (Å²) in [4.78, 5) is 21.4. The Hall–Kier alpha value is -2.02. The molecule has 1 atom stereocenters. The molecule has 0 aromatic heterocycles. The summed E-state index contributed by atoms with van der Waals surface area (Å²) < 4.78 is 13.1. The number of nitrogens with zero attached hydrogens (tertiary/aromatic N) is 1. The molecule has 1 rings (SSSR count). The summed E-state index contributed by atoms with van der Waals surface area (Å²) in [6.07, 6.45) is 0.495. The summed E-state index contributed by atoms with van der Waals surface area (Å²) in [5.41, 5.74) is 5.14. The zero-order valence-electron chi connectivity index (χ0n) is 10.7. The Morgan fingerprint density at radius 2 is 2.16 bits per heavy atom. The van der Waals surface area contributed by atoms with Gasteiger partial charge in [-0.1, -0.05) is 13.8 Å². The van der Waals surface area contributed by atoms with Gasteiger partial charge in [0.25, 0.3) is 0 Å². The summed E-state index contributed by atoms with van der Waals surface area (Å²) in [7, 11) is 0. The zero-order valence-corrected chi connectivity index (χ0v) is 10.7. The molecule has 0 saturated carbocycles. The van der Waals surface area contributed by atoms with E-state index < -0.39 is 28.4 Å². The van der Waals surface area contributed by atoms with Crippen LogP contribution in [0, 0.1) is 21.8 Å². The van der Waals surface area contributed by atoms with Crippen LogP contribution < -0.4 is 11.1 Å². The molecule has 3 N–H and O–H groups in total. The van der Waals surface area contributed by atoms with E-state index in [9.17, 15) is 19.3 Å². The molecule has 0 spiro atoms. The highest BCUT2D eigenvalue weighted by Gasteiger charge is 2.18. The van der Waals surface area contributed by atoms with Crippen molar-refractivity contribution < 1.29 is 14.1 Å². The lowest BCUT2D eigenvalue weighted by molar-refractivity contribution is -0.387. The quantitative estimate of drug-likeness (QED) is 0.631. The number of rotatable bonds is 5. The second-order valence-electron chi connectivity index (χ2n) is 4.65. The molecule has 0 aliphatic heterocycles. The molecule has 0 unspecified atom stereocenters. The van der Waals surface area contributed by atoms with Gasteiger partial charge in [0.2, 0.25) is 11.7 Å². The van der Waals surface area contributed by atoms with Crippen LogP contribution in [0.5, 0.6) is 0 Å². The molecule has 104 valence electrons. The number of anilines is 1. The maximum atomic E-state index is 13.1. The van der Waals surface area contributed by atoms with E-state index in [2.05, 4.69) is 5.32 Å². The van der Waals surface area contributed by atoms with Gasteiger partial charge in [-0.3, -0.25) is 14.9 Å². The van der Waals surface area contributed by atoms with Gasteiger partial charge in [-0.15, -0.1) is 0 Å². The lowest BCUT2D eigenvalue weighted by atomic mass is 10.0. The molecule has 19 heavy (non-hydrogen) atoms. The van der Waals surface area contributed by atoms with Gasteiger partial charge in [0.15, 0.2) is 0 Å². The molecule has 0 fully saturated rings. The van der Waals surface area contributed by atoms with Crippen molar-refractivity contribution in [3.8, 4) is 0 Å². The van der Waals surface area contributed by atoms with Crippen molar-refractivity contribution in [3.63, 3.8) is 0 Å². The molecule has 1 amide bonds. The minimum absolute atomic E-state index is 0.150. The van der Waals surface area contributed by atoms with Gasteiger partial charge in [-0.05, 0) is 24.5 Å². The molecule has 7 heteroatoms. The number of nitro benzene ring substituents is 1. The predicted molar refractivity (Wildman–Crippen MR) is 69.1 cm³/mol. The molecule has 6 nitrogen and oxygen atoms in total. The summed E-state index contributed by atoms with van der Waals surface area (Å²) in [5.74, 6) is -1.15. The number of carbonyl (C=O) groups excluding carboxylic acids is 1. The third-order valence-corrected chi connectivity index (χ3v) is 2.47. The summed E-state index contributed by atoms with van der Waals surface area (Å²) in [5, 5.41) is 13.0. The first-order chi connectivity index (χ1) is 8.81. The van der Waals surface area contributed by atoms with Crippen LogP contribution in [0.1, 0.15) is 20.3 Å². The van der Waals surface area contributed by atoms with Crippen LogP contribution in [0.4, 0.5) is 15.8 Å². The molecule has 0 aliphatic carbocycles. The Balaban J connectivity index is 2.80. The van der Waals surface area contributed by atoms with E-state index in [4.69, 9.17) is 5.73 Å². The number of benzene rings is 1. The van der Waals surface area contributed by atoms with Crippen molar-refractivity contribution >= 4 is 17.3 Å². The largest absolute Gasteiger partial charge is 0.324 e. The van der Waals surface area contributed by atoms with Crippen molar-refractivity contribution in [1.29, 1.82) is 0 Å². The topological polar surface area (TPSA) is 98.3 Å². The van der Waals surface area contributed by atoms with Crippen molar-refractivity contribution in [3.05, 3.63) is 34.1 Å². The van der Waals surface area contributed by atoms with Gasteiger partial charge in [0.1, 0.15) is 0 Å². The maximum absolute atomic E-state index is 13.1. The highest BCUT2D eigenvalue weighted by Crippen LogP contribution is 2.21. The number of amides is 1. The SMILES string of the molecule is CC(C)C[C@H](N)C(=O)Nc1ccc(F)c([N+](=O)[O-])c1. The Bertz CT molecular complexity index is 491. The fourth-order valence-corrected chi connectivity index (χ4v) is 1.58. The molecule has 1 aromatic rings. The van der Waals surface area contributed by atoms with Gasteiger partial charge in [0.05, 0.1) is 11.0 Å². The van der Waals surface area contributed by atoms with Crippen molar-refractivity contribution in [1.82, 2.24) is 0 Å². The van der Waals surface area contributed by atoms with Crippen LogP contribution in [0.15, 0.2) is 18.2 Å². The van der Waals surface area contributed by atoms with E-state index in [0.717, 1.165) is 12.1 Å². The number of hydrogen-bond acceptors (Lipinski definition) is 4. The van der Waals surface area contributed by atoms with E-state index in [0.29, 0.717) is 6.42 Å². The summed E-state index contributed by atoms with van der Waals surface area (Å²) >= 11 is 0. The fourth-order valence-electron chi connectivity index (χ4n) is 1.58. The lowest BCUT2D eigenvalue weighted by Crippen LogP contribution is -2.36. The predicted octanol–water partition coefficient (Wildman–Crippen LogP) is 2.05. The molecule has 0 heterocycles. The van der Waals surface area contributed by atoms with Gasteiger partial charge in [-0.2, -0.15) is 4.39 Å². The number of carbonyl (C=O) groups is 1. The van der Waals surface area contributed by atoms with Gasteiger partial charge < -0.3 is 11.1 Å². The zero-order chi connectivity index (χ0) is 14.6. The van der Waals surface area contributed by atoms with Gasteiger partial charge >= 0.3 is 5.69 Å². The number of nitro groups is 1. The van der Waals surface area contributed by atoms with Crippen LogP contribution in [-0.4, -0.2) is 16.9 Å². The van der Waals surface area contributed by atoms with E-state index >= 15 is 0 Å². The maximum Gasteiger partial charge on any atom is 0.306 e. The number of nitrogens with two attached hydrogens (primary N) is 1. The van der Waals surface area contributed by atoms with Crippen LogP contribution in [0.25, 0.3) is 0 Å². The average Bonchev–Trinajstić information content (AvgIpc) is 2.30. The number of halogens is 1. The third-order valence-electron chi connectivity index (χ3n) is 2.47. The molecule has 0 radical (unpaired) electrons. The highest BCUT2D eigenvalue weighted by molar-refractivity contribution is 5.94. The van der Waals surface area contributed by atoms with Crippen LogP contribution in [-0.2, 0) is 4.79 Å². The molecular weight excluding hydrogens is 253 g/mol. The van der Waals surface area contributed by atoms with Crippen LogP contribution >= 0.6 is 0 Å². The second kappa shape index (κ2) is 6.24. The van der Waals surface area contributed by atoms with E-state index in [-0.39, 0.29) is 11.6 Å². The molecule has 0 aliphatic rings. The van der Waals surface area contributed by atoms with E-state index in [1.807, 2.05) is 13.8 Å². The van der Waals surface area contributed by atoms with Crippen molar-refractivity contribution in [2.24, 2.45) is 11.7 Å². The molecule has 1 aromatic carbocycles. The fraction of sp³-hybridized carbons (Fsp3) is 0.417. The number of hydrogen-bond donors (Lipinski definition) is 2.